The predicted octanol–water partition coefficient (Wildman–Crippen LogP) is 2.59. The van der Waals surface area contributed by atoms with E-state index < -0.39 is 17.1 Å². The third kappa shape index (κ3) is 1.96. The van der Waals surface area contributed by atoms with Crippen LogP contribution in [0.3, 0.4) is 0 Å². The molecule has 0 aromatic heterocycles. The van der Waals surface area contributed by atoms with Crippen molar-refractivity contribution < 1.29 is 19.7 Å². The zero-order valence-electron chi connectivity index (χ0n) is 13.4. The summed E-state index contributed by atoms with van der Waals surface area (Å²) in [6.07, 6.45) is 0.702. The van der Waals surface area contributed by atoms with Crippen LogP contribution in [0.15, 0.2) is 11.5 Å². The van der Waals surface area contributed by atoms with Gasteiger partial charge < -0.3 is 19.7 Å². The SMILES string of the molecule is CC(C)OC1=C(OC(C)C)[C@@]2(O)[C@@H](C)CC[C@@]2(C)C1O. The first-order valence-electron chi connectivity index (χ1n) is 7.63. The van der Waals surface area contributed by atoms with Crippen LogP contribution >= 0.6 is 0 Å². The maximum atomic E-state index is 11.3. The lowest BCUT2D eigenvalue weighted by Crippen LogP contribution is -2.49. The van der Waals surface area contributed by atoms with Gasteiger partial charge in [0.25, 0.3) is 0 Å². The number of fused-ring (bicyclic) bond motifs is 1. The Morgan fingerprint density at radius 2 is 1.70 bits per heavy atom. The first-order chi connectivity index (χ1) is 9.14. The highest BCUT2D eigenvalue weighted by Gasteiger charge is 2.68. The van der Waals surface area contributed by atoms with Crippen molar-refractivity contribution in [3.63, 3.8) is 0 Å². The molecule has 2 N–H and O–H groups in total. The van der Waals surface area contributed by atoms with E-state index in [1.54, 1.807) is 0 Å². The largest absolute Gasteiger partial charge is 0.489 e. The molecule has 0 radical (unpaired) electrons. The summed E-state index contributed by atoms with van der Waals surface area (Å²) in [5.41, 5.74) is -1.76. The fourth-order valence-electron chi connectivity index (χ4n) is 3.66. The van der Waals surface area contributed by atoms with Crippen LogP contribution in [0.4, 0.5) is 0 Å². The first kappa shape index (κ1) is 15.6. The van der Waals surface area contributed by atoms with E-state index in [0.29, 0.717) is 11.5 Å². The molecule has 0 amide bonds. The number of hydrogen-bond donors (Lipinski definition) is 2. The smallest absolute Gasteiger partial charge is 0.169 e. The number of aliphatic hydroxyl groups excluding tert-OH is 1. The Morgan fingerprint density at radius 1 is 1.15 bits per heavy atom. The summed E-state index contributed by atoms with van der Waals surface area (Å²) < 4.78 is 11.7. The molecular formula is C16H28O4. The zero-order valence-corrected chi connectivity index (χ0v) is 13.4. The second-order valence-corrected chi connectivity index (χ2v) is 7.05. The summed E-state index contributed by atoms with van der Waals surface area (Å²) in [6, 6.07) is 0. The Morgan fingerprint density at radius 3 is 2.20 bits per heavy atom. The van der Waals surface area contributed by atoms with Gasteiger partial charge in [-0.2, -0.15) is 0 Å². The third-order valence-electron chi connectivity index (χ3n) is 4.82. The van der Waals surface area contributed by atoms with Crippen molar-refractivity contribution >= 4 is 0 Å². The van der Waals surface area contributed by atoms with Gasteiger partial charge in [0, 0.05) is 5.41 Å². The fraction of sp³-hybridized carbons (Fsp3) is 0.875. The van der Waals surface area contributed by atoms with E-state index in [1.165, 1.54) is 0 Å². The lowest BCUT2D eigenvalue weighted by molar-refractivity contribution is -0.108. The summed E-state index contributed by atoms with van der Waals surface area (Å²) in [5, 5.41) is 22.0. The Hall–Kier alpha value is -0.740. The lowest BCUT2D eigenvalue weighted by Gasteiger charge is -2.38. The lowest BCUT2D eigenvalue weighted by atomic mass is 9.73. The van der Waals surface area contributed by atoms with Crippen LogP contribution in [-0.4, -0.2) is 34.1 Å². The molecule has 2 aliphatic rings. The Bertz CT molecular complexity index is 415. The molecule has 0 bridgehead atoms. The van der Waals surface area contributed by atoms with E-state index in [4.69, 9.17) is 9.47 Å². The number of aliphatic hydroxyl groups is 2. The van der Waals surface area contributed by atoms with Crippen LogP contribution < -0.4 is 0 Å². The first-order valence-corrected chi connectivity index (χ1v) is 7.63. The van der Waals surface area contributed by atoms with Gasteiger partial charge in [-0.3, -0.25) is 0 Å². The van der Waals surface area contributed by atoms with Crippen molar-refractivity contribution in [1.82, 2.24) is 0 Å². The second kappa shape index (κ2) is 4.92. The summed E-state index contributed by atoms with van der Waals surface area (Å²) in [6.45, 7) is 11.6. The molecule has 2 rings (SSSR count). The summed E-state index contributed by atoms with van der Waals surface area (Å²) in [7, 11) is 0. The normalized spacial score (nSPS) is 40.7. The van der Waals surface area contributed by atoms with E-state index in [0.717, 1.165) is 12.8 Å². The molecule has 0 aliphatic heterocycles. The standard InChI is InChI=1S/C16H28O4/c1-9(2)19-12-13(17)15(6)8-7-11(5)16(15,18)14(12)20-10(3)4/h9-11,13,17-18H,7-8H2,1-6H3/t11-,13?,15-,16-/m0/s1. The van der Waals surface area contributed by atoms with Crippen molar-refractivity contribution in [2.45, 2.75) is 78.3 Å². The number of hydrogen-bond acceptors (Lipinski definition) is 4. The molecule has 0 heterocycles. The molecule has 0 aromatic carbocycles. The van der Waals surface area contributed by atoms with Crippen molar-refractivity contribution in [2.24, 2.45) is 11.3 Å². The second-order valence-electron chi connectivity index (χ2n) is 7.05. The van der Waals surface area contributed by atoms with Gasteiger partial charge in [-0.15, -0.1) is 0 Å². The Labute approximate surface area is 121 Å². The molecule has 1 fully saturated rings. The fourth-order valence-corrected chi connectivity index (χ4v) is 3.66. The molecule has 116 valence electrons. The van der Waals surface area contributed by atoms with Gasteiger partial charge in [0.1, 0.15) is 11.7 Å². The van der Waals surface area contributed by atoms with Gasteiger partial charge in [-0.1, -0.05) is 13.8 Å². The van der Waals surface area contributed by atoms with Crippen LogP contribution in [-0.2, 0) is 9.47 Å². The minimum atomic E-state index is -1.14. The van der Waals surface area contributed by atoms with Crippen LogP contribution in [0.2, 0.25) is 0 Å². The summed E-state index contributed by atoms with van der Waals surface area (Å²) in [4.78, 5) is 0. The van der Waals surface area contributed by atoms with Gasteiger partial charge in [0.05, 0.1) is 12.2 Å². The molecule has 0 saturated heterocycles. The Kier molecular flexibility index (Phi) is 3.85. The molecule has 4 nitrogen and oxygen atoms in total. The van der Waals surface area contributed by atoms with E-state index in [-0.39, 0.29) is 18.1 Å². The molecular weight excluding hydrogens is 256 g/mol. The molecule has 0 spiro atoms. The molecule has 1 unspecified atom stereocenters. The van der Waals surface area contributed by atoms with Crippen LogP contribution in [0.5, 0.6) is 0 Å². The van der Waals surface area contributed by atoms with Crippen molar-refractivity contribution in [2.75, 3.05) is 0 Å². The van der Waals surface area contributed by atoms with Crippen molar-refractivity contribution in [3.8, 4) is 0 Å². The minimum absolute atomic E-state index is 0.0455. The third-order valence-corrected chi connectivity index (χ3v) is 4.82. The van der Waals surface area contributed by atoms with E-state index in [2.05, 4.69) is 0 Å². The van der Waals surface area contributed by atoms with Crippen LogP contribution in [0.25, 0.3) is 0 Å². The number of rotatable bonds is 4. The van der Waals surface area contributed by atoms with Gasteiger partial charge in [-0.25, -0.2) is 0 Å². The summed E-state index contributed by atoms with van der Waals surface area (Å²) >= 11 is 0. The van der Waals surface area contributed by atoms with Crippen molar-refractivity contribution in [3.05, 3.63) is 11.5 Å². The predicted molar refractivity (Wildman–Crippen MR) is 76.9 cm³/mol. The maximum absolute atomic E-state index is 11.3. The number of ether oxygens (including phenoxy) is 2. The average Bonchev–Trinajstić information content (AvgIpc) is 2.65. The monoisotopic (exact) mass is 284 g/mol. The van der Waals surface area contributed by atoms with Crippen molar-refractivity contribution in [1.29, 1.82) is 0 Å². The average molecular weight is 284 g/mol. The quantitative estimate of drug-likeness (QED) is 0.833. The van der Waals surface area contributed by atoms with Gasteiger partial charge in [-0.05, 0) is 46.5 Å². The maximum Gasteiger partial charge on any atom is 0.169 e. The van der Waals surface area contributed by atoms with Crippen LogP contribution in [0.1, 0.15) is 54.4 Å². The molecule has 2 aliphatic carbocycles. The van der Waals surface area contributed by atoms with Crippen LogP contribution in [0, 0.1) is 11.3 Å². The molecule has 1 saturated carbocycles. The van der Waals surface area contributed by atoms with Gasteiger partial charge >= 0.3 is 0 Å². The van der Waals surface area contributed by atoms with E-state index in [9.17, 15) is 10.2 Å². The van der Waals surface area contributed by atoms with Gasteiger partial charge in [0.15, 0.2) is 11.5 Å². The van der Waals surface area contributed by atoms with Gasteiger partial charge in [0.2, 0.25) is 0 Å². The highest BCUT2D eigenvalue weighted by atomic mass is 16.5. The Balaban J connectivity index is 2.51. The minimum Gasteiger partial charge on any atom is -0.489 e. The van der Waals surface area contributed by atoms with E-state index in [1.807, 2.05) is 41.5 Å². The molecule has 20 heavy (non-hydrogen) atoms. The highest BCUT2D eigenvalue weighted by Crippen LogP contribution is 2.62. The highest BCUT2D eigenvalue weighted by molar-refractivity contribution is 5.36. The molecule has 0 aromatic rings. The molecule has 4 atom stereocenters. The van der Waals surface area contributed by atoms with E-state index >= 15 is 0 Å². The zero-order chi connectivity index (χ0) is 15.3. The topological polar surface area (TPSA) is 58.9 Å². The summed E-state index contributed by atoms with van der Waals surface area (Å²) in [5.74, 6) is 0.913. The molecule has 4 heteroatoms.